The van der Waals surface area contributed by atoms with Crippen LogP contribution < -0.4 is 0 Å². The first kappa shape index (κ1) is 17.3. The molecule has 2 fully saturated rings. The molecule has 2 aliphatic rings. The van der Waals surface area contributed by atoms with Gasteiger partial charge >= 0.3 is 0 Å². The summed E-state index contributed by atoms with van der Waals surface area (Å²) in [6.45, 7) is 6.84. The van der Waals surface area contributed by atoms with E-state index >= 15 is 0 Å². The van der Waals surface area contributed by atoms with Crippen LogP contribution in [0, 0.1) is 6.92 Å². The number of hydrogen-bond acceptors (Lipinski definition) is 3. The lowest BCUT2D eigenvalue weighted by Gasteiger charge is -2.27. The summed E-state index contributed by atoms with van der Waals surface area (Å²) >= 11 is 0. The molecule has 1 saturated carbocycles. The van der Waals surface area contributed by atoms with Crippen molar-refractivity contribution in [3.05, 3.63) is 46.8 Å². The highest BCUT2D eigenvalue weighted by Gasteiger charge is 2.36. The molecule has 1 amide bonds. The normalized spacial score (nSPS) is 17.5. The Morgan fingerprint density at radius 1 is 1.27 bits per heavy atom. The molecule has 4 rings (SSSR count). The molecule has 0 radical (unpaired) electrons. The van der Waals surface area contributed by atoms with Gasteiger partial charge in [0.05, 0.1) is 35.9 Å². The van der Waals surface area contributed by atoms with Crippen LogP contribution >= 0.6 is 0 Å². The Balaban J connectivity index is 1.81. The average Bonchev–Trinajstić information content (AvgIpc) is 3.44. The van der Waals surface area contributed by atoms with E-state index in [1.165, 1.54) is 5.56 Å². The molecule has 26 heavy (non-hydrogen) atoms. The molecule has 1 aliphatic heterocycles. The fourth-order valence-corrected chi connectivity index (χ4v) is 3.71. The lowest BCUT2D eigenvalue weighted by atomic mass is 10.0. The fourth-order valence-electron chi connectivity index (χ4n) is 3.71. The van der Waals surface area contributed by atoms with E-state index in [2.05, 4.69) is 38.1 Å². The highest BCUT2D eigenvalue weighted by Crippen LogP contribution is 2.42. The minimum absolute atomic E-state index is 0.137. The Hall–Kier alpha value is -2.14. The summed E-state index contributed by atoms with van der Waals surface area (Å²) in [5.74, 6) is 0.578. The number of amides is 1. The molecule has 5 nitrogen and oxygen atoms in total. The van der Waals surface area contributed by atoms with Gasteiger partial charge in [0.1, 0.15) is 0 Å². The molecule has 0 unspecified atom stereocenters. The third-order valence-corrected chi connectivity index (χ3v) is 5.22. The third-order valence-electron chi connectivity index (χ3n) is 5.22. The topological polar surface area (TPSA) is 47.4 Å². The van der Waals surface area contributed by atoms with Gasteiger partial charge in [0.15, 0.2) is 0 Å². The summed E-state index contributed by atoms with van der Waals surface area (Å²) in [6.07, 6.45) is 4.13. The number of carbonyl (C=O) groups excluding carboxylic acids is 1. The highest BCUT2D eigenvalue weighted by molar-refractivity contribution is 5.97. The molecule has 0 spiro atoms. The van der Waals surface area contributed by atoms with Gasteiger partial charge < -0.3 is 9.64 Å². The van der Waals surface area contributed by atoms with Crippen molar-refractivity contribution in [2.75, 3.05) is 26.3 Å². The first-order valence-electron chi connectivity index (χ1n) is 9.75. The van der Waals surface area contributed by atoms with E-state index in [-0.39, 0.29) is 5.91 Å². The van der Waals surface area contributed by atoms with Crippen LogP contribution in [0.2, 0.25) is 0 Å². The van der Waals surface area contributed by atoms with Crippen molar-refractivity contribution in [2.45, 2.75) is 45.4 Å². The number of benzene rings is 1. The number of carbonyl (C=O) groups is 1. The van der Waals surface area contributed by atoms with Crippen molar-refractivity contribution < 1.29 is 9.53 Å². The predicted molar refractivity (Wildman–Crippen MR) is 101 cm³/mol. The smallest absolute Gasteiger partial charge is 0.257 e. The Morgan fingerprint density at radius 2 is 2.04 bits per heavy atom. The van der Waals surface area contributed by atoms with Gasteiger partial charge in [-0.3, -0.25) is 4.79 Å². The Morgan fingerprint density at radius 3 is 2.69 bits per heavy atom. The number of nitrogens with zero attached hydrogens (tertiary/aromatic N) is 3. The molecule has 1 aromatic heterocycles. The van der Waals surface area contributed by atoms with Gasteiger partial charge in [-0.2, -0.15) is 5.10 Å². The van der Waals surface area contributed by atoms with Gasteiger partial charge in [-0.1, -0.05) is 25.5 Å². The Bertz CT molecular complexity index is 802. The van der Waals surface area contributed by atoms with Gasteiger partial charge in [0.25, 0.3) is 5.91 Å². The van der Waals surface area contributed by atoms with Crippen LogP contribution in [0.15, 0.2) is 24.3 Å². The van der Waals surface area contributed by atoms with Crippen LogP contribution in [-0.2, 0) is 11.2 Å². The Labute approximate surface area is 154 Å². The quantitative estimate of drug-likeness (QED) is 0.827. The molecule has 2 aromatic rings. The molecule has 2 heterocycles. The second-order valence-electron chi connectivity index (χ2n) is 7.39. The monoisotopic (exact) mass is 353 g/mol. The van der Waals surface area contributed by atoms with Crippen molar-refractivity contribution in [3.63, 3.8) is 0 Å². The molecule has 0 N–H and O–H groups in total. The molecular weight excluding hydrogens is 326 g/mol. The number of aromatic nitrogens is 2. The molecule has 0 bridgehead atoms. The van der Waals surface area contributed by atoms with Gasteiger partial charge in [-0.25, -0.2) is 4.68 Å². The summed E-state index contributed by atoms with van der Waals surface area (Å²) in [5, 5.41) is 4.96. The van der Waals surface area contributed by atoms with E-state index in [0.717, 1.165) is 48.3 Å². The zero-order chi connectivity index (χ0) is 18.1. The lowest BCUT2D eigenvalue weighted by molar-refractivity contribution is 0.0301. The van der Waals surface area contributed by atoms with Crippen molar-refractivity contribution >= 4 is 5.91 Å². The minimum atomic E-state index is 0.137. The van der Waals surface area contributed by atoms with Crippen LogP contribution in [-0.4, -0.2) is 46.9 Å². The third kappa shape index (κ3) is 3.28. The maximum atomic E-state index is 13.4. The molecule has 1 aromatic carbocycles. The van der Waals surface area contributed by atoms with Crippen LogP contribution in [0.25, 0.3) is 5.69 Å². The number of ether oxygens (including phenoxy) is 1. The highest BCUT2D eigenvalue weighted by atomic mass is 16.5. The molecular formula is C21H27N3O2. The van der Waals surface area contributed by atoms with Gasteiger partial charge in [0.2, 0.25) is 0 Å². The van der Waals surface area contributed by atoms with Gasteiger partial charge in [-0.05, 0) is 43.9 Å². The molecule has 1 saturated heterocycles. The second-order valence-corrected chi connectivity index (χ2v) is 7.39. The van der Waals surface area contributed by atoms with Gasteiger partial charge in [-0.15, -0.1) is 0 Å². The van der Waals surface area contributed by atoms with Crippen LogP contribution in [0.1, 0.15) is 59.4 Å². The fraction of sp³-hybridized carbons (Fsp3) is 0.524. The van der Waals surface area contributed by atoms with Crippen molar-refractivity contribution in [2.24, 2.45) is 0 Å². The predicted octanol–water partition coefficient (Wildman–Crippen LogP) is 3.48. The minimum Gasteiger partial charge on any atom is -0.378 e. The van der Waals surface area contributed by atoms with E-state index in [9.17, 15) is 4.79 Å². The van der Waals surface area contributed by atoms with Crippen molar-refractivity contribution in [1.82, 2.24) is 14.7 Å². The van der Waals surface area contributed by atoms with Gasteiger partial charge in [0, 0.05) is 19.0 Å². The SMILES string of the molecule is CCCc1c(C(=O)N2CCOCC2)c(C2CC2)nn1-c1cccc(C)c1. The first-order chi connectivity index (χ1) is 12.7. The van der Waals surface area contributed by atoms with Crippen LogP contribution in [0.3, 0.4) is 0 Å². The summed E-state index contributed by atoms with van der Waals surface area (Å²) in [6, 6.07) is 8.38. The summed E-state index contributed by atoms with van der Waals surface area (Å²) in [5.41, 5.74) is 5.19. The second kappa shape index (κ2) is 7.23. The van der Waals surface area contributed by atoms with E-state index in [1.54, 1.807) is 0 Å². The van der Waals surface area contributed by atoms with E-state index in [4.69, 9.17) is 9.84 Å². The molecule has 138 valence electrons. The number of morpholine rings is 1. The standard InChI is InChI=1S/C21H27N3O2/c1-3-5-18-19(21(25)23-10-12-26-13-11-23)20(16-8-9-16)22-24(18)17-7-4-6-15(2)14-17/h4,6-7,14,16H,3,5,8-13H2,1-2H3. The maximum absolute atomic E-state index is 13.4. The van der Waals surface area contributed by atoms with Crippen molar-refractivity contribution in [3.8, 4) is 5.69 Å². The largest absolute Gasteiger partial charge is 0.378 e. The molecule has 0 atom stereocenters. The number of aryl methyl sites for hydroxylation is 1. The number of hydrogen-bond donors (Lipinski definition) is 0. The van der Waals surface area contributed by atoms with E-state index in [0.29, 0.717) is 32.2 Å². The first-order valence-corrected chi connectivity index (χ1v) is 9.75. The zero-order valence-corrected chi connectivity index (χ0v) is 15.7. The number of rotatable bonds is 5. The zero-order valence-electron chi connectivity index (χ0n) is 15.7. The van der Waals surface area contributed by atoms with E-state index < -0.39 is 0 Å². The van der Waals surface area contributed by atoms with Crippen LogP contribution in [0.4, 0.5) is 0 Å². The van der Waals surface area contributed by atoms with Crippen molar-refractivity contribution in [1.29, 1.82) is 0 Å². The summed E-state index contributed by atoms with van der Waals surface area (Å²) < 4.78 is 7.45. The lowest BCUT2D eigenvalue weighted by Crippen LogP contribution is -2.41. The average molecular weight is 353 g/mol. The Kier molecular flexibility index (Phi) is 4.81. The molecule has 5 heteroatoms. The molecule has 1 aliphatic carbocycles. The van der Waals surface area contributed by atoms with Crippen LogP contribution in [0.5, 0.6) is 0 Å². The maximum Gasteiger partial charge on any atom is 0.257 e. The van der Waals surface area contributed by atoms with E-state index in [1.807, 2.05) is 9.58 Å². The summed E-state index contributed by atoms with van der Waals surface area (Å²) in [4.78, 5) is 15.3. The summed E-state index contributed by atoms with van der Waals surface area (Å²) in [7, 11) is 0.